The van der Waals surface area contributed by atoms with E-state index >= 15 is 0 Å². The lowest BCUT2D eigenvalue weighted by atomic mass is 10.3. The van der Waals surface area contributed by atoms with Crippen molar-refractivity contribution in [3.05, 3.63) is 53.6 Å². The molecule has 1 aliphatic heterocycles. The van der Waals surface area contributed by atoms with Crippen molar-refractivity contribution in [3.8, 4) is 0 Å². The summed E-state index contributed by atoms with van der Waals surface area (Å²) in [7, 11) is 0. The Labute approximate surface area is 196 Å². The smallest absolute Gasteiger partial charge is 0.321 e. The van der Waals surface area contributed by atoms with Crippen molar-refractivity contribution in [2.75, 3.05) is 37.2 Å². The number of carbonyl (C=O) groups excluding carboxylic acids is 2. The number of fused-ring (bicyclic) bond motifs is 1. The van der Waals surface area contributed by atoms with Gasteiger partial charge < -0.3 is 19.7 Å². The van der Waals surface area contributed by atoms with Crippen LogP contribution >= 0.6 is 23.4 Å². The van der Waals surface area contributed by atoms with Gasteiger partial charge in [0.15, 0.2) is 5.16 Å². The van der Waals surface area contributed by atoms with Gasteiger partial charge in [0.05, 0.1) is 16.8 Å². The number of aryl methyl sites for hydroxylation is 1. The molecule has 3 aromatic rings. The zero-order valence-electron chi connectivity index (χ0n) is 18.0. The Kier molecular flexibility index (Phi) is 7.22. The highest BCUT2D eigenvalue weighted by atomic mass is 35.5. The van der Waals surface area contributed by atoms with E-state index in [1.165, 1.54) is 11.8 Å². The van der Waals surface area contributed by atoms with Gasteiger partial charge in [-0.1, -0.05) is 48.5 Å². The number of aromatic nitrogens is 2. The average molecular weight is 472 g/mol. The highest BCUT2D eigenvalue weighted by Gasteiger charge is 2.24. The van der Waals surface area contributed by atoms with Gasteiger partial charge >= 0.3 is 6.03 Å². The summed E-state index contributed by atoms with van der Waals surface area (Å²) in [5, 5.41) is 4.38. The van der Waals surface area contributed by atoms with Crippen LogP contribution in [0.5, 0.6) is 0 Å². The minimum absolute atomic E-state index is 0.0613. The summed E-state index contributed by atoms with van der Waals surface area (Å²) < 4.78 is 2.15. The molecule has 0 aliphatic carbocycles. The van der Waals surface area contributed by atoms with Crippen LogP contribution in [0.25, 0.3) is 11.0 Å². The number of amides is 3. The summed E-state index contributed by atoms with van der Waals surface area (Å²) in [6, 6.07) is 14.9. The van der Waals surface area contributed by atoms with Crippen molar-refractivity contribution in [1.82, 2.24) is 19.4 Å². The highest BCUT2D eigenvalue weighted by molar-refractivity contribution is 7.99. The standard InChI is InChI=1S/C23H26ClN5O2S/c1-2-10-29-20-9-8-17(24)15-19(20)26-23(29)32-16-21(30)27-11-13-28(14-12-27)22(31)25-18-6-4-3-5-7-18/h3-9,15H,2,10-14,16H2,1H3,(H,25,31). The van der Waals surface area contributed by atoms with Gasteiger partial charge in [-0.15, -0.1) is 0 Å². The number of nitrogens with one attached hydrogen (secondary N) is 1. The lowest BCUT2D eigenvalue weighted by molar-refractivity contribution is -0.129. The first-order valence-electron chi connectivity index (χ1n) is 10.7. The second-order valence-corrected chi connectivity index (χ2v) is 9.01. The van der Waals surface area contributed by atoms with Crippen LogP contribution in [0.2, 0.25) is 5.02 Å². The minimum Gasteiger partial charge on any atom is -0.338 e. The van der Waals surface area contributed by atoms with E-state index in [2.05, 4.69) is 16.8 Å². The quantitative estimate of drug-likeness (QED) is 0.535. The summed E-state index contributed by atoms with van der Waals surface area (Å²) in [6.07, 6.45) is 0.975. The number of anilines is 1. The number of benzene rings is 2. The van der Waals surface area contributed by atoms with Crippen molar-refractivity contribution < 1.29 is 9.59 Å². The second kappa shape index (κ2) is 10.3. The Bertz CT molecular complexity index is 1100. The van der Waals surface area contributed by atoms with E-state index in [4.69, 9.17) is 16.6 Å². The molecule has 1 fully saturated rings. The Balaban J connectivity index is 1.32. The molecule has 0 atom stereocenters. The van der Waals surface area contributed by atoms with Crippen LogP contribution in [0.15, 0.2) is 53.7 Å². The van der Waals surface area contributed by atoms with Crippen molar-refractivity contribution >= 4 is 52.0 Å². The van der Waals surface area contributed by atoms with Gasteiger partial charge in [-0.3, -0.25) is 4.79 Å². The van der Waals surface area contributed by atoms with E-state index in [1.807, 2.05) is 53.4 Å². The van der Waals surface area contributed by atoms with E-state index in [0.717, 1.165) is 34.8 Å². The fourth-order valence-electron chi connectivity index (χ4n) is 3.73. The lowest BCUT2D eigenvalue weighted by Crippen LogP contribution is -2.52. The van der Waals surface area contributed by atoms with E-state index in [0.29, 0.717) is 37.0 Å². The lowest BCUT2D eigenvalue weighted by Gasteiger charge is -2.34. The van der Waals surface area contributed by atoms with Crippen molar-refractivity contribution in [2.45, 2.75) is 25.0 Å². The molecule has 4 rings (SSSR count). The Morgan fingerprint density at radius 2 is 1.78 bits per heavy atom. The van der Waals surface area contributed by atoms with Crippen LogP contribution < -0.4 is 5.32 Å². The number of thioether (sulfide) groups is 1. The van der Waals surface area contributed by atoms with E-state index in [9.17, 15) is 9.59 Å². The second-order valence-electron chi connectivity index (χ2n) is 7.63. The van der Waals surface area contributed by atoms with Gasteiger partial charge in [0.25, 0.3) is 0 Å². The van der Waals surface area contributed by atoms with Crippen LogP contribution in [-0.2, 0) is 11.3 Å². The van der Waals surface area contributed by atoms with Crippen LogP contribution in [0.1, 0.15) is 13.3 Å². The molecule has 1 aliphatic rings. The van der Waals surface area contributed by atoms with Crippen LogP contribution in [-0.4, -0.2) is 63.2 Å². The number of halogens is 1. The normalized spacial score (nSPS) is 14.1. The molecule has 0 radical (unpaired) electrons. The summed E-state index contributed by atoms with van der Waals surface area (Å²) in [5.41, 5.74) is 2.65. The maximum absolute atomic E-state index is 12.8. The summed E-state index contributed by atoms with van der Waals surface area (Å²) >= 11 is 7.57. The average Bonchev–Trinajstić information content (AvgIpc) is 3.14. The molecule has 9 heteroatoms. The number of hydrogen-bond donors (Lipinski definition) is 1. The largest absolute Gasteiger partial charge is 0.338 e. The van der Waals surface area contributed by atoms with Crippen molar-refractivity contribution in [2.24, 2.45) is 0 Å². The Morgan fingerprint density at radius 3 is 2.50 bits per heavy atom. The first-order chi connectivity index (χ1) is 15.5. The third-order valence-electron chi connectivity index (χ3n) is 5.39. The van der Waals surface area contributed by atoms with Gasteiger partial charge in [-0.25, -0.2) is 9.78 Å². The number of imidazole rings is 1. The topological polar surface area (TPSA) is 70.5 Å². The Hall–Kier alpha value is -2.71. The predicted octanol–water partition coefficient (Wildman–Crippen LogP) is 4.57. The maximum Gasteiger partial charge on any atom is 0.321 e. The molecule has 1 N–H and O–H groups in total. The molecule has 7 nitrogen and oxygen atoms in total. The zero-order chi connectivity index (χ0) is 22.5. The monoisotopic (exact) mass is 471 g/mol. The molecule has 168 valence electrons. The van der Waals surface area contributed by atoms with E-state index in [1.54, 1.807) is 4.90 Å². The van der Waals surface area contributed by atoms with Gasteiger partial charge in [0, 0.05) is 43.4 Å². The molecular weight excluding hydrogens is 446 g/mol. The van der Waals surface area contributed by atoms with Crippen LogP contribution in [0.3, 0.4) is 0 Å². The number of para-hydroxylation sites is 1. The number of piperazine rings is 1. The van der Waals surface area contributed by atoms with E-state index in [-0.39, 0.29) is 11.9 Å². The molecule has 1 saturated heterocycles. The Morgan fingerprint density at radius 1 is 1.06 bits per heavy atom. The third-order valence-corrected chi connectivity index (χ3v) is 6.59. The van der Waals surface area contributed by atoms with Gasteiger partial charge in [-0.2, -0.15) is 0 Å². The van der Waals surface area contributed by atoms with Gasteiger partial charge in [0.2, 0.25) is 5.91 Å². The fourth-order valence-corrected chi connectivity index (χ4v) is 4.84. The third kappa shape index (κ3) is 5.19. The molecule has 0 unspecified atom stereocenters. The highest BCUT2D eigenvalue weighted by Crippen LogP contribution is 2.27. The minimum atomic E-state index is -0.135. The summed E-state index contributed by atoms with van der Waals surface area (Å²) in [6.45, 7) is 5.05. The first-order valence-corrected chi connectivity index (χ1v) is 12.1. The number of carbonyl (C=O) groups is 2. The molecular formula is C23H26ClN5O2S. The van der Waals surface area contributed by atoms with Crippen molar-refractivity contribution in [3.63, 3.8) is 0 Å². The predicted molar refractivity (Wildman–Crippen MR) is 129 cm³/mol. The molecule has 3 amide bonds. The molecule has 1 aromatic heterocycles. The number of nitrogens with zero attached hydrogens (tertiary/aromatic N) is 4. The zero-order valence-corrected chi connectivity index (χ0v) is 19.5. The fraction of sp³-hybridized carbons (Fsp3) is 0.348. The molecule has 2 aromatic carbocycles. The molecule has 0 bridgehead atoms. The van der Waals surface area contributed by atoms with Crippen LogP contribution in [0, 0.1) is 0 Å². The maximum atomic E-state index is 12.8. The number of hydrogen-bond acceptors (Lipinski definition) is 4. The molecule has 0 saturated carbocycles. The van der Waals surface area contributed by atoms with Crippen LogP contribution in [0.4, 0.5) is 10.5 Å². The van der Waals surface area contributed by atoms with Gasteiger partial charge in [0.1, 0.15) is 0 Å². The summed E-state index contributed by atoms with van der Waals surface area (Å²) in [5.74, 6) is 0.378. The number of urea groups is 1. The van der Waals surface area contributed by atoms with Crippen molar-refractivity contribution in [1.29, 1.82) is 0 Å². The van der Waals surface area contributed by atoms with Gasteiger partial charge in [-0.05, 0) is 36.8 Å². The molecule has 32 heavy (non-hydrogen) atoms. The SMILES string of the molecule is CCCn1c(SCC(=O)N2CCN(C(=O)Nc3ccccc3)CC2)nc2cc(Cl)ccc21. The summed E-state index contributed by atoms with van der Waals surface area (Å²) in [4.78, 5) is 33.5. The van der Waals surface area contributed by atoms with E-state index < -0.39 is 0 Å². The molecule has 2 heterocycles. The molecule has 0 spiro atoms. The first kappa shape index (κ1) is 22.5. The number of rotatable bonds is 6.